The van der Waals surface area contributed by atoms with Gasteiger partial charge in [-0.25, -0.2) is 0 Å². The molecule has 0 aromatic heterocycles. The summed E-state index contributed by atoms with van der Waals surface area (Å²) in [4.78, 5) is 0. The Bertz CT molecular complexity index is 66.9. The maximum atomic E-state index is 5.30. The van der Waals surface area contributed by atoms with Crippen molar-refractivity contribution >= 4 is 0 Å². The largest absolute Gasteiger partial charge is 0.362 e. The molecule has 1 rings (SSSR count). The van der Waals surface area contributed by atoms with E-state index in [0.29, 0.717) is 12.1 Å². The van der Waals surface area contributed by atoms with Gasteiger partial charge in [-0.1, -0.05) is 13.8 Å². The zero-order valence-corrected chi connectivity index (χ0v) is 5.48. The van der Waals surface area contributed by atoms with Crippen LogP contribution in [0.3, 0.4) is 0 Å². The maximum Gasteiger partial charge on any atom is 0.110 e. The van der Waals surface area contributed by atoms with Crippen LogP contribution in [0.25, 0.3) is 0 Å². The van der Waals surface area contributed by atoms with E-state index in [1.807, 2.05) is 0 Å². The second-order valence-corrected chi connectivity index (χ2v) is 2.49. The van der Waals surface area contributed by atoms with Gasteiger partial charge in [0.1, 0.15) is 6.23 Å². The van der Waals surface area contributed by atoms with Crippen molar-refractivity contribution in [2.24, 2.45) is 5.92 Å². The highest BCUT2D eigenvalue weighted by Gasteiger charge is 2.16. The van der Waals surface area contributed by atoms with Gasteiger partial charge in [0.15, 0.2) is 0 Å². The van der Waals surface area contributed by atoms with Crippen molar-refractivity contribution in [3.05, 3.63) is 0 Å². The van der Waals surface area contributed by atoms with Gasteiger partial charge in [-0.2, -0.15) is 0 Å². The maximum absolute atomic E-state index is 5.30. The summed E-state index contributed by atoms with van der Waals surface area (Å²) in [6, 6.07) is 0. The molecule has 0 aliphatic carbocycles. The summed E-state index contributed by atoms with van der Waals surface area (Å²) in [5.41, 5.74) is 0. The SMILES string of the molecule is CC(C)C1NCCO1. The summed E-state index contributed by atoms with van der Waals surface area (Å²) in [6.07, 6.45) is 0.315. The van der Waals surface area contributed by atoms with Crippen LogP contribution in [0.15, 0.2) is 0 Å². The number of hydrogen-bond acceptors (Lipinski definition) is 2. The predicted molar refractivity (Wildman–Crippen MR) is 32.6 cm³/mol. The third-order valence-electron chi connectivity index (χ3n) is 1.35. The molecule has 2 heteroatoms. The zero-order chi connectivity index (χ0) is 5.98. The van der Waals surface area contributed by atoms with Crippen LogP contribution < -0.4 is 5.32 Å². The minimum Gasteiger partial charge on any atom is -0.362 e. The Morgan fingerprint density at radius 3 is 2.62 bits per heavy atom. The molecular formula is C6H13NO. The van der Waals surface area contributed by atoms with Crippen LogP contribution in [-0.2, 0) is 4.74 Å². The summed E-state index contributed by atoms with van der Waals surface area (Å²) < 4.78 is 5.30. The van der Waals surface area contributed by atoms with Gasteiger partial charge in [-0.3, -0.25) is 5.32 Å². The van der Waals surface area contributed by atoms with Crippen molar-refractivity contribution in [2.75, 3.05) is 13.2 Å². The van der Waals surface area contributed by atoms with Gasteiger partial charge in [0, 0.05) is 6.54 Å². The van der Waals surface area contributed by atoms with E-state index in [1.54, 1.807) is 0 Å². The first kappa shape index (κ1) is 6.05. The fourth-order valence-electron chi connectivity index (χ4n) is 0.874. The van der Waals surface area contributed by atoms with E-state index in [2.05, 4.69) is 19.2 Å². The van der Waals surface area contributed by atoms with Crippen LogP contribution in [0.4, 0.5) is 0 Å². The van der Waals surface area contributed by atoms with E-state index in [9.17, 15) is 0 Å². The lowest BCUT2D eigenvalue weighted by molar-refractivity contribution is 0.0650. The normalized spacial score (nSPS) is 29.6. The fourth-order valence-corrected chi connectivity index (χ4v) is 0.874. The minimum absolute atomic E-state index is 0.315. The summed E-state index contributed by atoms with van der Waals surface area (Å²) in [7, 11) is 0. The van der Waals surface area contributed by atoms with Gasteiger partial charge in [0.25, 0.3) is 0 Å². The molecule has 1 atom stereocenters. The first-order valence-corrected chi connectivity index (χ1v) is 3.15. The quantitative estimate of drug-likeness (QED) is 0.540. The fraction of sp³-hybridized carbons (Fsp3) is 1.00. The van der Waals surface area contributed by atoms with Crippen LogP contribution in [0.2, 0.25) is 0 Å². The molecule has 0 amide bonds. The van der Waals surface area contributed by atoms with Crippen molar-refractivity contribution in [1.29, 1.82) is 0 Å². The van der Waals surface area contributed by atoms with Gasteiger partial charge in [-0.05, 0) is 5.92 Å². The second-order valence-electron chi connectivity index (χ2n) is 2.49. The lowest BCUT2D eigenvalue weighted by atomic mass is 10.2. The smallest absolute Gasteiger partial charge is 0.110 e. The van der Waals surface area contributed by atoms with E-state index < -0.39 is 0 Å². The third kappa shape index (κ3) is 1.20. The Morgan fingerprint density at radius 2 is 2.38 bits per heavy atom. The molecule has 1 N–H and O–H groups in total. The Balaban J connectivity index is 2.24. The van der Waals surface area contributed by atoms with Gasteiger partial charge in [-0.15, -0.1) is 0 Å². The zero-order valence-electron chi connectivity index (χ0n) is 5.48. The van der Waals surface area contributed by atoms with Gasteiger partial charge in [0.2, 0.25) is 0 Å². The third-order valence-corrected chi connectivity index (χ3v) is 1.35. The molecule has 8 heavy (non-hydrogen) atoms. The first-order chi connectivity index (χ1) is 3.80. The molecule has 1 fully saturated rings. The van der Waals surface area contributed by atoms with Crippen molar-refractivity contribution in [3.63, 3.8) is 0 Å². The average Bonchev–Trinajstić information content (AvgIpc) is 2.12. The Morgan fingerprint density at radius 1 is 1.62 bits per heavy atom. The molecular weight excluding hydrogens is 102 g/mol. The molecule has 1 aliphatic rings. The van der Waals surface area contributed by atoms with Crippen LogP contribution in [-0.4, -0.2) is 19.4 Å². The Kier molecular flexibility index (Phi) is 1.86. The summed E-state index contributed by atoms with van der Waals surface area (Å²) in [5.74, 6) is 0.609. The second kappa shape index (κ2) is 2.46. The number of ether oxygens (including phenoxy) is 1. The average molecular weight is 115 g/mol. The summed E-state index contributed by atoms with van der Waals surface area (Å²) >= 11 is 0. The van der Waals surface area contributed by atoms with Crippen LogP contribution >= 0.6 is 0 Å². The molecule has 0 aromatic rings. The molecule has 1 heterocycles. The Labute approximate surface area is 50.2 Å². The molecule has 2 nitrogen and oxygen atoms in total. The highest BCUT2D eigenvalue weighted by Crippen LogP contribution is 2.05. The van der Waals surface area contributed by atoms with Crippen LogP contribution in [0, 0.1) is 5.92 Å². The highest BCUT2D eigenvalue weighted by atomic mass is 16.5. The molecule has 0 radical (unpaired) electrons. The van der Waals surface area contributed by atoms with Crippen molar-refractivity contribution in [2.45, 2.75) is 20.1 Å². The summed E-state index contributed by atoms with van der Waals surface area (Å²) in [6.45, 7) is 6.21. The van der Waals surface area contributed by atoms with E-state index in [1.165, 1.54) is 0 Å². The van der Waals surface area contributed by atoms with Crippen LogP contribution in [0.1, 0.15) is 13.8 Å². The lowest BCUT2D eigenvalue weighted by Crippen LogP contribution is -2.27. The minimum atomic E-state index is 0.315. The van der Waals surface area contributed by atoms with Crippen LogP contribution in [0.5, 0.6) is 0 Å². The number of nitrogens with one attached hydrogen (secondary N) is 1. The molecule has 48 valence electrons. The molecule has 0 saturated carbocycles. The van der Waals surface area contributed by atoms with E-state index in [4.69, 9.17) is 4.74 Å². The topological polar surface area (TPSA) is 21.3 Å². The highest BCUT2D eigenvalue weighted by molar-refractivity contribution is 4.65. The monoisotopic (exact) mass is 115 g/mol. The molecule has 0 spiro atoms. The van der Waals surface area contributed by atoms with Crippen molar-refractivity contribution in [1.82, 2.24) is 5.32 Å². The van der Waals surface area contributed by atoms with Crippen molar-refractivity contribution < 1.29 is 4.74 Å². The Hall–Kier alpha value is -0.0800. The standard InChI is InChI=1S/C6H13NO/c1-5(2)6-7-3-4-8-6/h5-7H,3-4H2,1-2H3. The van der Waals surface area contributed by atoms with Gasteiger partial charge < -0.3 is 4.74 Å². The summed E-state index contributed by atoms with van der Waals surface area (Å²) in [5, 5.41) is 3.23. The van der Waals surface area contributed by atoms with Gasteiger partial charge in [0.05, 0.1) is 6.61 Å². The van der Waals surface area contributed by atoms with Gasteiger partial charge >= 0.3 is 0 Å². The number of rotatable bonds is 1. The van der Waals surface area contributed by atoms with E-state index in [-0.39, 0.29) is 0 Å². The molecule has 1 unspecified atom stereocenters. The number of hydrogen-bond donors (Lipinski definition) is 1. The molecule has 0 aromatic carbocycles. The lowest BCUT2D eigenvalue weighted by Gasteiger charge is -2.12. The molecule has 0 bridgehead atoms. The molecule has 1 saturated heterocycles. The molecule has 1 aliphatic heterocycles. The van der Waals surface area contributed by atoms with E-state index in [0.717, 1.165) is 13.2 Å². The first-order valence-electron chi connectivity index (χ1n) is 3.15. The predicted octanol–water partition coefficient (Wildman–Crippen LogP) is 0.588. The van der Waals surface area contributed by atoms with E-state index >= 15 is 0 Å². The van der Waals surface area contributed by atoms with Crippen molar-refractivity contribution in [3.8, 4) is 0 Å².